The Morgan fingerprint density at radius 2 is 2.05 bits per heavy atom. The summed E-state index contributed by atoms with van der Waals surface area (Å²) < 4.78 is 4.56. The van der Waals surface area contributed by atoms with E-state index in [9.17, 15) is 14.4 Å². The quantitative estimate of drug-likeness (QED) is 0.654. The second kappa shape index (κ2) is 7.33. The Balaban J connectivity index is 2.32. The number of nitrogens with one attached hydrogen (secondary N) is 1. The van der Waals surface area contributed by atoms with E-state index in [1.165, 1.54) is 4.90 Å². The van der Waals surface area contributed by atoms with Gasteiger partial charge >= 0.3 is 12.0 Å². The SMILES string of the molecule is N#CCCN(C(=O)NC(=O)COCC(=O)O)C1CC1. The number of carbonyl (C=O) groups is 3. The molecule has 3 amide bonds. The van der Waals surface area contributed by atoms with Gasteiger partial charge in [-0.2, -0.15) is 5.26 Å². The zero-order valence-electron chi connectivity index (χ0n) is 10.3. The molecule has 1 aliphatic rings. The van der Waals surface area contributed by atoms with Gasteiger partial charge in [0.15, 0.2) is 0 Å². The molecule has 0 atom stereocenters. The number of ether oxygens (including phenoxy) is 1. The number of nitriles is 1. The van der Waals surface area contributed by atoms with Crippen molar-refractivity contribution in [3.63, 3.8) is 0 Å². The molecule has 8 nitrogen and oxygen atoms in total. The van der Waals surface area contributed by atoms with Crippen LogP contribution in [0.2, 0.25) is 0 Å². The van der Waals surface area contributed by atoms with Crippen LogP contribution in [0.4, 0.5) is 4.79 Å². The molecule has 0 aliphatic heterocycles. The van der Waals surface area contributed by atoms with Crippen molar-refractivity contribution in [2.24, 2.45) is 0 Å². The molecule has 0 unspecified atom stereocenters. The first-order valence-corrected chi connectivity index (χ1v) is 5.81. The van der Waals surface area contributed by atoms with Crippen LogP contribution in [0.15, 0.2) is 0 Å². The van der Waals surface area contributed by atoms with Crippen LogP contribution in [0.25, 0.3) is 0 Å². The van der Waals surface area contributed by atoms with E-state index in [2.05, 4.69) is 10.1 Å². The number of urea groups is 1. The highest BCUT2D eigenvalue weighted by Gasteiger charge is 2.32. The maximum absolute atomic E-state index is 11.8. The van der Waals surface area contributed by atoms with Crippen molar-refractivity contribution in [2.75, 3.05) is 19.8 Å². The van der Waals surface area contributed by atoms with Crippen molar-refractivity contribution in [2.45, 2.75) is 25.3 Å². The van der Waals surface area contributed by atoms with Gasteiger partial charge in [0.05, 0.1) is 12.5 Å². The van der Waals surface area contributed by atoms with Crippen LogP contribution in [0.1, 0.15) is 19.3 Å². The van der Waals surface area contributed by atoms with Crippen molar-refractivity contribution >= 4 is 17.9 Å². The highest BCUT2D eigenvalue weighted by atomic mass is 16.5. The molecule has 19 heavy (non-hydrogen) atoms. The third-order valence-electron chi connectivity index (χ3n) is 2.42. The van der Waals surface area contributed by atoms with Gasteiger partial charge in [0.1, 0.15) is 13.2 Å². The second-order valence-electron chi connectivity index (χ2n) is 4.07. The van der Waals surface area contributed by atoms with E-state index in [1.54, 1.807) is 0 Å². The van der Waals surface area contributed by atoms with Crippen LogP contribution in [0, 0.1) is 11.3 Å². The van der Waals surface area contributed by atoms with Gasteiger partial charge in [-0.1, -0.05) is 0 Å². The van der Waals surface area contributed by atoms with Gasteiger partial charge in [0, 0.05) is 12.6 Å². The highest BCUT2D eigenvalue weighted by Crippen LogP contribution is 2.26. The number of nitrogens with zero attached hydrogens (tertiary/aromatic N) is 2. The smallest absolute Gasteiger partial charge is 0.329 e. The normalized spacial score (nSPS) is 13.4. The average Bonchev–Trinajstić information content (AvgIpc) is 3.13. The van der Waals surface area contributed by atoms with E-state index in [0.717, 1.165) is 12.8 Å². The van der Waals surface area contributed by atoms with E-state index >= 15 is 0 Å². The molecule has 8 heteroatoms. The van der Waals surface area contributed by atoms with Crippen molar-refractivity contribution in [1.29, 1.82) is 5.26 Å². The Morgan fingerprint density at radius 1 is 1.37 bits per heavy atom. The van der Waals surface area contributed by atoms with Crippen LogP contribution in [-0.4, -0.2) is 53.7 Å². The summed E-state index contributed by atoms with van der Waals surface area (Å²) in [6.07, 6.45) is 1.93. The Hall–Kier alpha value is -2.14. The van der Waals surface area contributed by atoms with Gasteiger partial charge in [-0.3, -0.25) is 10.1 Å². The van der Waals surface area contributed by atoms with Gasteiger partial charge in [-0.25, -0.2) is 9.59 Å². The number of aliphatic carboxylic acids is 1. The summed E-state index contributed by atoms with van der Waals surface area (Å²) >= 11 is 0. The molecule has 1 fully saturated rings. The van der Waals surface area contributed by atoms with Crippen LogP contribution in [0.3, 0.4) is 0 Å². The first-order chi connectivity index (χ1) is 9.04. The standard InChI is InChI=1S/C11H15N3O5/c12-4-1-5-14(8-2-3-8)11(18)13-9(15)6-19-7-10(16)17/h8H,1-3,5-7H2,(H,16,17)(H,13,15,18). The predicted octanol–water partition coefficient (Wildman–Crippen LogP) is -0.298. The zero-order valence-corrected chi connectivity index (χ0v) is 10.3. The topological polar surface area (TPSA) is 120 Å². The molecule has 1 saturated carbocycles. The number of carboxylic acids is 1. The highest BCUT2D eigenvalue weighted by molar-refractivity contribution is 5.95. The number of hydrogen-bond donors (Lipinski definition) is 2. The fourth-order valence-electron chi connectivity index (χ4n) is 1.46. The second-order valence-corrected chi connectivity index (χ2v) is 4.07. The molecule has 0 aromatic heterocycles. The Bertz CT molecular complexity index is 400. The van der Waals surface area contributed by atoms with E-state index in [4.69, 9.17) is 10.4 Å². The van der Waals surface area contributed by atoms with Gasteiger partial charge in [0.25, 0.3) is 5.91 Å². The molecular formula is C11H15N3O5. The summed E-state index contributed by atoms with van der Waals surface area (Å²) in [7, 11) is 0. The van der Waals surface area contributed by atoms with Gasteiger partial charge in [-0.15, -0.1) is 0 Å². The maximum atomic E-state index is 11.8. The summed E-state index contributed by atoms with van der Waals surface area (Å²) in [6.45, 7) is -0.812. The van der Waals surface area contributed by atoms with Crippen molar-refractivity contribution in [1.82, 2.24) is 10.2 Å². The van der Waals surface area contributed by atoms with Gasteiger partial charge in [0.2, 0.25) is 0 Å². The van der Waals surface area contributed by atoms with Crippen LogP contribution in [-0.2, 0) is 14.3 Å². The summed E-state index contributed by atoms with van der Waals surface area (Å²) in [4.78, 5) is 34.7. The lowest BCUT2D eigenvalue weighted by Gasteiger charge is -2.20. The first kappa shape index (κ1) is 14.9. The predicted molar refractivity (Wildman–Crippen MR) is 62.0 cm³/mol. The Morgan fingerprint density at radius 3 is 2.58 bits per heavy atom. The van der Waals surface area contributed by atoms with E-state index in [-0.39, 0.29) is 19.0 Å². The van der Waals surface area contributed by atoms with Crippen molar-refractivity contribution in [3.8, 4) is 6.07 Å². The summed E-state index contributed by atoms with van der Waals surface area (Å²) in [6, 6.07) is 1.46. The molecule has 0 heterocycles. The minimum absolute atomic E-state index is 0.0843. The molecule has 2 N–H and O–H groups in total. The Kier molecular flexibility index (Phi) is 5.75. The number of amides is 3. The fraction of sp³-hybridized carbons (Fsp3) is 0.636. The van der Waals surface area contributed by atoms with Crippen molar-refractivity contribution in [3.05, 3.63) is 0 Å². The number of carboxylic acid groups (broad SMARTS) is 1. The first-order valence-electron chi connectivity index (χ1n) is 5.81. The minimum Gasteiger partial charge on any atom is -0.480 e. The van der Waals surface area contributed by atoms with Crippen molar-refractivity contribution < 1.29 is 24.2 Å². The monoisotopic (exact) mass is 269 g/mol. The minimum atomic E-state index is -1.19. The van der Waals surface area contributed by atoms with Crippen LogP contribution >= 0.6 is 0 Å². The molecule has 0 aromatic carbocycles. The lowest BCUT2D eigenvalue weighted by Crippen LogP contribution is -2.45. The summed E-state index contributed by atoms with van der Waals surface area (Å²) in [5.41, 5.74) is 0. The van der Waals surface area contributed by atoms with E-state index < -0.39 is 31.1 Å². The van der Waals surface area contributed by atoms with E-state index in [0.29, 0.717) is 0 Å². The third-order valence-corrected chi connectivity index (χ3v) is 2.42. The molecule has 0 saturated heterocycles. The number of rotatable bonds is 7. The van der Waals surface area contributed by atoms with Gasteiger partial charge < -0.3 is 14.7 Å². The number of carbonyl (C=O) groups excluding carboxylic acids is 2. The molecule has 0 aromatic rings. The molecule has 0 radical (unpaired) electrons. The fourth-order valence-corrected chi connectivity index (χ4v) is 1.46. The maximum Gasteiger partial charge on any atom is 0.329 e. The molecule has 0 spiro atoms. The molecular weight excluding hydrogens is 254 g/mol. The number of hydrogen-bond acceptors (Lipinski definition) is 5. The molecule has 104 valence electrons. The molecule has 0 bridgehead atoms. The van der Waals surface area contributed by atoms with E-state index in [1.807, 2.05) is 6.07 Å². The van der Waals surface area contributed by atoms with Crippen LogP contribution in [0.5, 0.6) is 0 Å². The largest absolute Gasteiger partial charge is 0.480 e. The summed E-state index contributed by atoms with van der Waals surface area (Å²) in [5.74, 6) is -1.89. The lowest BCUT2D eigenvalue weighted by atomic mass is 10.4. The van der Waals surface area contributed by atoms with Gasteiger partial charge in [-0.05, 0) is 12.8 Å². The summed E-state index contributed by atoms with van der Waals surface area (Å²) in [5, 5.41) is 18.9. The lowest BCUT2D eigenvalue weighted by molar-refractivity contribution is -0.143. The third kappa shape index (κ3) is 5.83. The molecule has 1 aliphatic carbocycles. The van der Waals surface area contributed by atoms with Crippen LogP contribution < -0.4 is 5.32 Å². The number of imide groups is 1. The average molecular weight is 269 g/mol. The zero-order chi connectivity index (χ0) is 14.3. The molecule has 1 rings (SSSR count). The Labute approximate surface area is 109 Å².